The minimum absolute atomic E-state index is 0.0149. The summed E-state index contributed by atoms with van der Waals surface area (Å²) in [5, 5.41) is 8.88. The molecule has 0 bridgehead atoms. The number of hydrogen-bond acceptors (Lipinski definition) is 5. The molecule has 1 aromatic heterocycles. The molecule has 0 atom stereocenters. The maximum absolute atomic E-state index is 8.88. The van der Waals surface area contributed by atoms with E-state index in [2.05, 4.69) is 35.6 Å². The van der Waals surface area contributed by atoms with E-state index >= 15 is 0 Å². The van der Waals surface area contributed by atoms with Gasteiger partial charge in [-0.2, -0.15) is 0 Å². The summed E-state index contributed by atoms with van der Waals surface area (Å²) in [5.74, 6) is 1.93. The van der Waals surface area contributed by atoms with Gasteiger partial charge in [-0.3, -0.25) is 4.90 Å². The van der Waals surface area contributed by atoms with E-state index in [4.69, 9.17) is 10.1 Å². The summed E-state index contributed by atoms with van der Waals surface area (Å²) in [5.41, 5.74) is -0.0149. The Bertz CT molecular complexity index is 422. The molecule has 0 aliphatic carbocycles. The molecule has 1 fully saturated rings. The van der Waals surface area contributed by atoms with Crippen molar-refractivity contribution in [3.05, 3.63) is 18.1 Å². The Balaban J connectivity index is 1.97. The van der Waals surface area contributed by atoms with E-state index in [1.165, 1.54) is 0 Å². The van der Waals surface area contributed by atoms with E-state index in [-0.39, 0.29) is 12.0 Å². The molecule has 1 aromatic rings. The zero-order valence-corrected chi connectivity index (χ0v) is 12.8. The number of piperazine rings is 1. The van der Waals surface area contributed by atoms with E-state index in [1.807, 2.05) is 12.3 Å². The van der Waals surface area contributed by atoms with Crippen molar-refractivity contribution in [1.82, 2.24) is 14.9 Å². The standard InChI is InChI=1S/C15H26N4O/c1-15(2,3)14-16-6-5-13(17-14)19-10-8-18(9-11-19)7-4-12-20/h5-6,20H,4,7-12H2,1-3H3. The van der Waals surface area contributed by atoms with E-state index in [0.717, 1.165) is 50.8 Å². The zero-order chi connectivity index (χ0) is 14.6. The van der Waals surface area contributed by atoms with Gasteiger partial charge in [-0.15, -0.1) is 0 Å². The van der Waals surface area contributed by atoms with Gasteiger partial charge in [0, 0.05) is 50.9 Å². The molecule has 2 rings (SSSR count). The first-order chi connectivity index (χ1) is 9.50. The predicted molar refractivity (Wildman–Crippen MR) is 81.1 cm³/mol. The molecular formula is C15H26N4O. The molecule has 0 radical (unpaired) electrons. The summed E-state index contributed by atoms with van der Waals surface area (Å²) >= 11 is 0. The maximum Gasteiger partial charge on any atom is 0.135 e. The fraction of sp³-hybridized carbons (Fsp3) is 0.733. The topological polar surface area (TPSA) is 52.5 Å². The van der Waals surface area contributed by atoms with E-state index in [1.54, 1.807) is 0 Å². The minimum Gasteiger partial charge on any atom is -0.396 e. The summed E-state index contributed by atoms with van der Waals surface area (Å²) in [7, 11) is 0. The molecule has 1 aliphatic rings. The number of aromatic nitrogens is 2. The van der Waals surface area contributed by atoms with Crippen LogP contribution >= 0.6 is 0 Å². The molecule has 0 spiro atoms. The number of hydrogen-bond donors (Lipinski definition) is 1. The highest BCUT2D eigenvalue weighted by atomic mass is 16.3. The summed E-state index contributed by atoms with van der Waals surface area (Å²) < 4.78 is 0. The Morgan fingerprint density at radius 1 is 1.20 bits per heavy atom. The summed E-state index contributed by atoms with van der Waals surface area (Å²) in [4.78, 5) is 13.8. The van der Waals surface area contributed by atoms with Crippen LogP contribution in [-0.2, 0) is 5.41 Å². The van der Waals surface area contributed by atoms with Gasteiger partial charge in [-0.05, 0) is 12.5 Å². The smallest absolute Gasteiger partial charge is 0.135 e. The third kappa shape index (κ3) is 3.90. The Kier molecular flexibility index (Phi) is 4.94. The molecule has 5 heteroatoms. The van der Waals surface area contributed by atoms with Crippen LogP contribution in [0.3, 0.4) is 0 Å². The first-order valence-corrected chi connectivity index (χ1v) is 7.42. The number of nitrogens with zero attached hydrogens (tertiary/aromatic N) is 4. The Morgan fingerprint density at radius 2 is 1.90 bits per heavy atom. The van der Waals surface area contributed by atoms with Crippen LogP contribution in [0.2, 0.25) is 0 Å². The van der Waals surface area contributed by atoms with Gasteiger partial charge in [0.2, 0.25) is 0 Å². The lowest BCUT2D eigenvalue weighted by Gasteiger charge is -2.35. The third-order valence-corrected chi connectivity index (χ3v) is 3.64. The first-order valence-electron chi connectivity index (χ1n) is 7.42. The van der Waals surface area contributed by atoms with Crippen molar-refractivity contribution in [3.8, 4) is 0 Å². The van der Waals surface area contributed by atoms with Gasteiger partial charge < -0.3 is 10.0 Å². The number of aliphatic hydroxyl groups excluding tert-OH is 1. The normalized spacial score (nSPS) is 17.5. The van der Waals surface area contributed by atoms with Gasteiger partial charge in [0.25, 0.3) is 0 Å². The SMILES string of the molecule is CC(C)(C)c1nccc(N2CCN(CCCO)CC2)n1. The lowest BCUT2D eigenvalue weighted by Crippen LogP contribution is -2.47. The molecular weight excluding hydrogens is 252 g/mol. The Hall–Kier alpha value is -1.20. The molecule has 112 valence electrons. The number of anilines is 1. The van der Waals surface area contributed by atoms with Gasteiger partial charge in [-0.25, -0.2) is 9.97 Å². The van der Waals surface area contributed by atoms with E-state index in [0.29, 0.717) is 0 Å². The second kappa shape index (κ2) is 6.50. The fourth-order valence-electron chi connectivity index (χ4n) is 2.38. The average molecular weight is 278 g/mol. The number of rotatable bonds is 4. The summed E-state index contributed by atoms with van der Waals surface area (Å²) in [6.45, 7) is 11.7. The first kappa shape index (κ1) is 15.2. The quantitative estimate of drug-likeness (QED) is 0.899. The number of aliphatic hydroxyl groups is 1. The van der Waals surface area contributed by atoms with Crippen LogP contribution in [0.1, 0.15) is 33.0 Å². The van der Waals surface area contributed by atoms with Crippen LogP contribution in [0.4, 0.5) is 5.82 Å². The maximum atomic E-state index is 8.88. The van der Waals surface area contributed by atoms with Crippen molar-refractivity contribution in [3.63, 3.8) is 0 Å². The summed E-state index contributed by atoms with van der Waals surface area (Å²) in [6, 6.07) is 2.00. The average Bonchev–Trinajstić information content (AvgIpc) is 2.45. The lowest BCUT2D eigenvalue weighted by atomic mass is 9.96. The highest BCUT2D eigenvalue weighted by Gasteiger charge is 2.21. The fourth-order valence-corrected chi connectivity index (χ4v) is 2.38. The van der Waals surface area contributed by atoms with Crippen LogP contribution < -0.4 is 4.90 Å². The van der Waals surface area contributed by atoms with E-state index < -0.39 is 0 Å². The van der Waals surface area contributed by atoms with E-state index in [9.17, 15) is 0 Å². The van der Waals surface area contributed by atoms with Crippen LogP contribution in [0, 0.1) is 0 Å². The molecule has 5 nitrogen and oxygen atoms in total. The molecule has 0 amide bonds. The van der Waals surface area contributed by atoms with Gasteiger partial charge >= 0.3 is 0 Å². The van der Waals surface area contributed by atoms with Crippen molar-refractivity contribution < 1.29 is 5.11 Å². The van der Waals surface area contributed by atoms with Crippen molar-refractivity contribution in [1.29, 1.82) is 0 Å². The van der Waals surface area contributed by atoms with Crippen molar-refractivity contribution >= 4 is 5.82 Å². The van der Waals surface area contributed by atoms with Crippen molar-refractivity contribution in [2.24, 2.45) is 0 Å². The molecule has 1 N–H and O–H groups in total. The highest BCUT2D eigenvalue weighted by molar-refractivity contribution is 5.38. The predicted octanol–water partition coefficient (Wildman–Crippen LogP) is 1.28. The van der Waals surface area contributed by atoms with Crippen molar-refractivity contribution in [2.45, 2.75) is 32.6 Å². The minimum atomic E-state index is -0.0149. The molecule has 1 aliphatic heterocycles. The molecule has 0 saturated carbocycles. The zero-order valence-electron chi connectivity index (χ0n) is 12.8. The molecule has 0 unspecified atom stereocenters. The Labute approximate surface area is 121 Å². The van der Waals surface area contributed by atoms with Gasteiger partial charge in [-0.1, -0.05) is 20.8 Å². The molecule has 1 saturated heterocycles. The van der Waals surface area contributed by atoms with Gasteiger partial charge in [0.05, 0.1) is 0 Å². The Morgan fingerprint density at radius 3 is 2.50 bits per heavy atom. The second-order valence-electron chi connectivity index (χ2n) is 6.39. The van der Waals surface area contributed by atoms with Crippen LogP contribution in [0.25, 0.3) is 0 Å². The molecule has 2 heterocycles. The third-order valence-electron chi connectivity index (χ3n) is 3.64. The van der Waals surface area contributed by atoms with Gasteiger partial charge in [0.15, 0.2) is 0 Å². The largest absolute Gasteiger partial charge is 0.396 e. The summed E-state index contributed by atoms with van der Waals surface area (Å²) in [6.07, 6.45) is 2.72. The lowest BCUT2D eigenvalue weighted by molar-refractivity contribution is 0.215. The van der Waals surface area contributed by atoms with Crippen molar-refractivity contribution in [2.75, 3.05) is 44.2 Å². The second-order valence-corrected chi connectivity index (χ2v) is 6.39. The van der Waals surface area contributed by atoms with Crippen LogP contribution in [0.5, 0.6) is 0 Å². The molecule has 0 aromatic carbocycles. The molecule has 20 heavy (non-hydrogen) atoms. The van der Waals surface area contributed by atoms with Crippen LogP contribution in [0.15, 0.2) is 12.3 Å². The monoisotopic (exact) mass is 278 g/mol. The highest BCUT2D eigenvalue weighted by Crippen LogP contribution is 2.21. The van der Waals surface area contributed by atoms with Crippen LogP contribution in [-0.4, -0.2) is 59.3 Å². The van der Waals surface area contributed by atoms with Gasteiger partial charge in [0.1, 0.15) is 11.6 Å².